The lowest BCUT2D eigenvalue weighted by atomic mass is 10.1. The highest BCUT2D eigenvalue weighted by Gasteiger charge is 2.19. The lowest BCUT2D eigenvalue weighted by Crippen LogP contribution is -2.39. The number of benzene rings is 1. The molecule has 0 radical (unpaired) electrons. The van der Waals surface area contributed by atoms with E-state index in [0.717, 1.165) is 11.1 Å². The van der Waals surface area contributed by atoms with Crippen molar-refractivity contribution in [3.05, 3.63) is 39.8 Å². The lowest BCUT2D eigenvalue weighted by molar-refractivity contribution is 0.0186. The van der Waals surface area contributed by atoms with Crippen molar-refractivity contribution in [1.82, 2.24) is 14.9 Å². The molecule has 0 unspecified atom stereocenters. The Labute approximate surface area is 197 Å². The molecule has 176 valence electrons. The quantitative estimate of drug-likeness (QED) is 0.328. The zero-order valence-corrected chi connectivity index (χ0v) is 20.1. The van der Waals surface area contributed by atoms with E-state index in [1.165, 1.54) is 11.3 Å². The zero-order valence-electron chi connectivity index (χ0n) is 19.3. The van der Waals surface area contributed by atoms with Crippen molar-refractivity contribution in [3.8, 4) is 35.0 Å². The number of nitrogens with one attached hydrogen (secondary N) is 1. The summed E-state index contributed by atoms with van der Waals surface area (Å²) in [4.78, 5) is 23.3. The maximum atomic E-state index is 13.0. The van der Waals surface area contributed by atoms with E-state index in [1.54, 1.807) is 14.2 Å². The van der Waals surface area contributed by atoms with E-state index in [2.05, 4.69) is 15.9 Å². The summed E-state index contributed by atoms with van der Waals surface area (Å²) >= 11 is 1.41. The molecule has 0 bridgehead atoms. The molecule has 9 heteroatoms. The molecule has 0 saturated carbocycles. The fourth-order valence-corrected chi connectivity index (χ4v) is 4.48. The number of methoxy groups -OCH3 is 2. The van der Waals surface area contributed by atoms with Gasteiger partial charge in [-0.2, -0.15) is 0 Å². The van der Waals surface area contributed by atoms with Gasteiger partial charge in [-0.05, 0) is 31.5 Å². The van der Waals surface area contributed by atoms with Crippen molar-refractivity contribution in [3.63, 3.8) is 0 Å². The van der Waals surface area contributed by atoms with Crippen LogP contribution < -0.4 is 15.0 Å². The van der Waals surface area contributed by atoms with Crippen LogP contribution in [0.2, 0.25) is 0 Å². The highest BCUT2D eigenvalue weighted by atomic mass is 32.1. The van der Waals surface area contributed by atoms with E-state index in [-0.39, 0.29) is 24.8 Å². The van der Waals surface area contributed by atoms with Gasteiger partial charge < -0.3 is 24.3 Å². The van der Waals surface area contributed by atoms with Crippen LogP contribution in [-0.2, 0) is 11.3 Å². The summed E-state index contributed by atoms with van der Waals surface area (Å²) in [6.45, 7) is 5.10. The Morgan fingerprint density at radius 3 is 2.70 bits per heavy atom. The smallest absolute Gasteiger partial charge is 0.260 e. The molecular weight excluding hydrogens is 442 g/mol. The van der Waals surface area contributed by atoms with E-state index in [4.69, 9.17) is 20.6 Å². The predicted molar refractivity (Wildman–Crippen MR) is 130 cm³/mol. The monoisotopic (exact) mass is 471 g/mol. The lowest BCUT2D eigenvalue weighted by Gasteiger charge is -2.28. The average Bonchev–Trinajstić information content (AvgIpc) is 3.22. The molecule has 0 amide bonds. The summed E-state index contributed by atoms with van der Waals surface area (Å²) in [5.74, 6) is 4.13. The molecule has 0 fully saturated rings. The molecule has 2 aromatic heterocycles. The van der Waals surface area contributed by atoms with Crippen LogP contribution in [0.3, 0.4) is 0 Å². The highest BCUT2D eigenvalue weighted by molar-refractivity contribution is 7.17. The van der Waals surface area contributed by atoms with Gasteiger partial charge in [0.1, 0.15) is 17.3 Å². The molecule has 2 heterocycles. The van der Waals surface area contributed by atoms with Crippen molar-refractivity contribution in [2.75, 3.05) is 34.0 Å². The number of aliphatic hydroxyl groups is 1. The second-order valence-electron chi connectivity index (χ2n) is 7.81. The third kappa shape index (κ3) is 5.92. The number of thiophene rings is 1. The predicted octanol–water partition coefficient (Wildman–Crippen LogP) is 2.89. The Kier molecular flexibility index (Phi) is 8.47. The van der Waals surface area contributed by atoms with Crippen molar-refractivity contribution in [2.24, 2.45) is 0 Å². The van der Waals surface area contributed by atoms with E-state index >= 15 is 0 Å². The van der Waals surface area contributed by atoms with Gasteiger partial charge in [-0.3, -0.25) is 9.69 Å². The fraction of sp³-hybridized carbons (Fsp3) is 0.417. The normalized spacial score (nSPS) is 12.3. The second kappa shape index (κ2) is 11.3. The van der Waals surface area contributed by atoms with Crippen LogP contribution in [0, 0.1) is 12.3 Å². The van der Waals surface area contributed by atoms with Crippen LogP contribution in [0.25, 0.3) is 21.3 Å². The molecule has 0 aliphatic carbocycles. The van der Waals surface area contributed by atoms with Crippen LogP contribution >= 0.6 is 11.3 Å². The van der Waals surface area contributed by atoms with Gasteiger partial charge in [0.2, 0.25) is 0 Å². The van der Waals surface area contributed by atoms with Crippen LogP contribution in [-0.4, -0.2) is 66.1 Å². The van der Waals surface area contributed by atoms with Crippen LogP contribution in [0.5, 0.6) is 11.5 Å². The molecule has 0 spiro atoms. The standard InChI is InChI=1S/C24H29N3O5S/c1-6-9-32-13-17(28)11-27(15(2)3)12-21-25-23(29)22-18(14-33-24(22)26-21)16-7-8-19(30-4)20(10-16)31-5/h1,7-8,10,14-15,17,28H,9,11-13H2,2-5H3,(H,25,26,29)/t17-/m0/s1. The number of aliphatic hydroxyl groups excluding tert-OH is 1. The SMILES string of the molecule is C#CCOC[C@@H](O)CN(Cc1nc2scc(-c3ccc(OC)c(OC)c3)c2c(=O)[nH]1)C(C)C. The molecule has 0 saturated heterocycles. The summed E-state index contributed by atoms with van der Waals surface area (Å²) < 4.78 is 15.9. The fourth-order valence-electron chi connectivity index (χ4n) is 3.51. The summed E-state index contributed by atoms with van der Waals surface area (Å²) in [5, 5.41) is 12.7. The van der Waals surface area contributed by atoms with Crippen molar-refractivity contribution < 1.29 is 19.3 Å². The molecule has 3 aromatic rings. The Hall–Kier alpha value is -2.90. The molecule has 0 aliphatic heterocycles. The van der Waals surface area contributed by atoms with Crippen molar-refractivity contribution in [2.45, 2.75) is 32.5 Å². The van der Waals surface area contributed by atoms with E-state index in [0.29, 0.717) is 40.6 Å². The maximum Gasteiger partial charge on any atom is 0.260 e. The van der Waals surface area contributed by atoms with Crippen molar-refractivity contribution in [1.29, 1.82) is 0 Å². The minimum Gasteiger partial charge on any atom is -0.493 e. The number of hydrogen-bond donors (Lipinski definition) is 2. The average molecular weight is 472 g/mol. The summed E-state index contributed by atoms with van der Waals surface area (Å²) in [7, 11) is 3.16. The Bertz CT molecular complexity index is 1180. The number of aromatic amines is 1. The van der Waals surface area contributed by atoms with Crippen molar-refractivity contribution >= 4 is 21.6 Å². The van der Waals surface area contributed by atoms with Gasteiger partial charge in [0.05, 0.1) is 38.9 Å². The van der Waals surface area contributed by atoms with Gasteiger partial charge in [-0.1, -0.05) is 12.0 Å². The number of nitrogens with zero attached hydrogens (tertiary/aromatic N) is 2. The molecule has 1 aromatic carbocycles. The number of terminal acetylenes is 1. The van der Waals surface area contributed by atoms with Gasteiger partial charge in [-0.25, -0.2) is 4.98 Å². The molecule has 33 heavy (non-hydrogen) atoms. The van der Waals surface area contributed by atoms with E-state index in [9.17, 15) is 9.90 Å². The Morgan fingerprint density at radius 2 is 2.03 bits per heavy atom. The number of fused-ring (bicyclic) bond motifs is 1. The summed E-state index contributed by atoms with van der Waals surface area (Å²) in [6, 6.07) is 5.67. The molecule has 3 rings (SSSR count). The molecule has 1 atom stereocenters. The molecule has 2 N–H and O–H groups in total. The first-order valence-corrected chi connectivity index (χ1v) is 11.4. The number of ether oxygens (including phenoxy) is 3. The van der Waals surface area contributed by atoms with Gasteiger partial charge in [-0.15, -0.1) is 17.8 Å². The minimum absolute atomic E-state index is 0.124. The first-order chi connectivity index (χ1) is 15.9. The Morgan fingerprint density at radius 1 is 1.27 bits per heavy atom. The highest BCUT2D eigenvalue weighted by Crippen LogP contribution is 2.36. The van der Waals surface area contributed by atoms with Crippen LogP contribution in [0.1, 0.15) is 19.7 Å². The molecule has 8 nitrogen and oxygen atoms in total. The number of aromatic nitrogens is 2. The largest absolute Gasteiger partial charge is 0.493 e. The second-order valence-corrected chi connectivity index (χ2v) is 8.67. The van der Waals surface area contributed by atoms with Crippen LogP contribution in [0.15, 0.2) is 28.4 Å². The van der Waals surface area contributed by atoms with Gasteiger partial charge in [0.25, 0.3) is 5.56 Å². The van der Waals surface area contributed by atoms with Gasteiger partial charge in [0.15, 0.2) is 11.5 Å². The van der Waals surface area contributed by atoms with E-state index in [1.807, 2.05) is 42.3 Å². The maximum absolute atomic E-state index is 13.0. The minimum atomic E-state index is -0.699. The zero-order chi connectivity index (χ0) is 24.0. The number of H-pyrrole nitrogens is 1. The van der Waals surface area contributed by atoms with Gasteiger partial charge >= 0.3 is 0 Å². The van der Waals surface area contributed by atoms with E-state index < -0.39 is 6.10 Å². The summed E-state index contributed by atoms with van der Waals surface area (Å²) in [5.41, 5.74) is 1.43. The topological polar surface area (TPSA) is 96.9 Å². The third-order valence-electron chi connectivity index (χ3n) is 5.21. The first kappa shape index (κ1) is 24.7. The number of rotatable bonds is 11. The third-order valence-corrected chi connectivity index (χ3v) is 6.08. The molecule has 0 aliphatic rings. The Balaban J connectivity index is 1.86. The van der Waals surface area contributed by atoms with Crippen LogP contribution in [0.4, 0.5) is 0 Å². The number of hydrogen-bond acceptors (Lipinski definition) is 8. The summed E-state index contributed by atoms with van der Waals surface area (Å²) in [6.07, 6.45) is 4.47. The van der Waals surface area contributed by atoms with Gasteiger partial charge in [0, 0.05) is 23.5 Å². The molecular formula is C24H29N3O5S. The first-order valence-electron chi connectivity index (χ1n) is 10.5.